The summed E-state index contributed by atoms with van der Waals surface area (Å²) in [6.45, 7) is 0.0150. The summed E-state index contributed by atoms with van der Waals surface area (Å²) in [6, 6.07) is 5.70. The van der Waals surface area contributed by atoms with Crippen LogP contribution in [0.4, 0.5) is 10.1 Å². The number of nitrogens with zero attached hydrogens (tertiary/aromatic N) is 1. The first-order valence-corrected chi connectivity index (χ1v) is 6.01. The molecule has 0 radical (unpaired) electrons. The Labute approximate surface area is 88.6 Å². The van der Waals surface area contributed by atoms with Crippen LogP contribution in [0.15, 0.2) is 24.3 Å². The molecule has 2 N–H and O–H groups in total. The molecule has 0 aliphatic carbocycles. The van der Waals surface area contributed by atoms with Crippen LogP contribution in [0.2, 0.25) is 0 Å². The minimum Gasteiger partial charge on any atom is -0.329 e. The molecule has 0 bridgehead atoms. The van der Waals surface area contributed by atoms with E-state index in [0.717, 1.165) is 4.31 Å². The summed E-state index contributed by atoms with van der Waals surface area (Å²) in [5.41, 5.74) is 5.20. The number of rotatable bonds is 4. The molecule has 0 fully saturated rings. The molecule has 0 aliphatic rings. The van der Waals surface area contributed by atoms with Gasteiger partial charge >= 0.3 is 0 Å². The molecular formula is C9H13FN2O2S. The van der Waals surface area contributed by atoms with Gasteiger partial charge in [0.2, 0.25) is 10.0 Å². The molecule has 0 atom stereocenters. The summed E-state index contributed by atoms with van der Waals surface area (Å²) in [7, 11) is -2.21. The van der Waals surface area contributed by atoms with Crippen LogP contribution in [0.1, 0.15) is 0 Å². The van der Waals surface area contributed by atoms with Crippen molar-refractivity contribution in [1.29, 1.82) is 0 Å². The Balaban J connectivity index is 3.05. The maximum atomic E-state index is 13.3. The van der Waals surface area contributed by atoms with E-state index in [1.165, 1.54) is 25.2 Å². The largest absolute Gasteiger partial charge is 0.329 e. The highest BCUT2D eigenvalue weighted by Crippen LogP contribution is 2.19. The van der Waals surface area contributed by atoms with Gasteiger partial charge in [-0.05, 0) is 12.1 Å². The molecule has 0 saturated carbocycles. The standard InChI is InChI=1S/C9H13FN2O2S/c1-12(15(13,14)7-6-11)9-5-3-2-4-8(9)10/h2-5H,6-7,11H2,1H3. The van der Waals surface area contributed by atoms with Gasteiger partial charge < -0.3 is 5.73 Å². The second kappa shape index (κ2) is 4.59. The van der Waals surface area contributed by atoms with Crippen molar-refractivity contribution in [3.8, 4) is 0 Å². The SMILES string of the molecule is CN(c1ccccc1F)S(=O)(=O)CCN. The second-order valence-electron chi connectivity index (χ2n) is 3.02. The first-order chi connectivity index (χ1) is 6.99. The predicted octanol–water partition coefficient (Wildman–Crippen LogP) is 0.550. The van der Waals surface area contributed by atoms with E-state index in [4.69, 9.17) is 5.73 Å². The molecule has 1 rings (SSSR count). The molecule has 0 amide bonds. The third kappa shape index (κ3) is 2.66. The number of hydrogen-bond acceptors (Lipinski definition) is 3. The van der Waals surface area contributed by atoms with Gasteiger partial charge in [-0.15, -0.1) is 0 Å². The Kier molecular flexibility index (Phi) is 3.65. The fourth-order valence-corrected chi connectivity index (χ4v) is 2.16. The average Bonchev–Trinajstić information content (AvgIpc) is 2.17. The smallest absolute Gasteiger partial charge is 0.236 e. The van der Waals surface area contributed by atoms with Crippen LogP contribution >= 0.6 is 0 Å². The number of benzene rings is 1. The second-order valence-corrected chi connectivity index (χ2v) is 5.14. The minimum atomic E-state index is -3.52. The number of hydrogen-bond donors (Lipinski definition) is 1. The van der Waals surface area contributed by atoms with E-state index in [-0.39, 0.29) is 18.0 Å². The van der Waals surface area contributed by atoms with Gasteiger partial charge in [0, 0.05) is 13.6 Å². The van der Waals surface area contributed by atoms with Crippen LogP contribution in [0, 0.1) is 5.82 Å². The van der Waals surface area contributed by atoms with Crippen molar-refractivity contribution < 1.29 is 12.8 Å². The summed E-state index contributed by atoms with van der Waals surface area (Å²) >= 11 is 0. The summed E-state index contributed by atoms with van der Waals surface area (Å²) in [6.07, 6.45) is 0. The van der Waals surface area contributed by atoms with Gasteiger partial charge in [-0.25, -0.2) is 12.8 Å². The monoisotopic (exact) mass is 232 g/mol. The van der Waals surface area contributed by atoms with E-state index >= 15 is 0 Å². The van der Waals surface area contributed by atoms with Crippen molar-refractivity contribution >= 4 is 15.7 Å². The van der Waals surface area contributed by atoms with Gasteiger partial charge in [0.25, 0.3) is 0 Å². The summed E-state index contributed by atoms with van der Waals surface area (Å²) in [4.78, 5) is 0. The van der Waals surface area contributed by atoms with Crippen molar-refractivity contribution in [3.63, 3.8) is 0 Å². The van der Waals surface area contributed by atoms with E-state index in [1.807, 2.05) is 0 Å². The molecule has 15 heavy (non-hydrogen) atoms. The van der Waals surface area contributed by atoms with E-state index in [0.29, 0.717) is 0 Å². The van der Waals surface area contributed by atoms with Crippen LogP contribution in [0.25, 0.3) is 0 Å². The summed E-state index contributed by atoms with van der Waals surface area (Å²) < 4.78 is 37.3. The van der Waals surface area contributed by atoms with Crippen molar-refractivity contribution in [3.05, 3.63) is 30.1 Å². The lowest BCUT2D eigenvalue weighted by Crippen LogP contribution is -2.32. The van der Waals surface area contributed by atoms with Crippen LogP contribution in [0.3, 0.4) is 0 Å². The van der Waals surface area contributed by atoms with Gasteiger partial charge in [-0.2, -0.15) is 0 Å². The number of halogens is 1. The Morgan fingerprint density at radius 1 is 1.40 bits per heavy atom. The first kappa shape index (κ1) is 11.9. The molecule has 0 unspecified atom stereocenters. The van der Waals surface area contributed by atoms with Crippen molar-refractivity contribution in [2.45, 2.75) is 0 Å². The fourth-order valence-electron chi connectivity index (χ4n) is 1.14. The molecule has 6 heteroatoms. The molecule has 0 saturated heterocycles. The number of anilines is 1. The van der Waals surface area contributed by atoms with E-state index in [9.17, 15) is 12.8 Å². The first-order valence-electron chi connectivity index (χ1n) is 4.40. The van der Waals surface area contributed by atoms with Crippen molar-refractivity contribution in [2.75, 3.05) is 23.7 Å². The molecule has 4 nitrogen and oxygen atoms in total. The highest BCUT2D eigenvalue weighted by molar-refractivity contribution is 7.92. The van der Waals surface area contributed by atoms with Gasteiger partial charge in [0.15, 0.2) is 0 Å². The van der Waals surface area contributed by atoms with E-state index in [2.05, 4.69) is 0 Å². The third-order valence-corrected chi connectivity index (χ3v) is 3.77. The molecule has 1 aromatic carbocycles. The van der Waals surface area contributed by atoms with Gasteiger partial charge in [0.1, 0.15) is 5.82 Å². The lowest BCUT2D eigenvalue weighted by atomic mass is 10.3. The predicted molar refractivity (Wildman–Crippen MR) is 57.6 cm³/mol. The van der Waals surface area contributed by atoms with Crippen LogP contribution < -0.4 is 10.0 Å². The lowest BCUT2D eigenvalue weighted by Gasteiger charge is -2.19. The summed E-state index contributed by atoms with van der Waals surface area (Å²) in [5, 5.41) is 0. The Morgan fingerprint density at radius 3 is 2.53 bits per heavy atom. The zero-order chi connectivity index (χ0) is 11.5. The van der Waals surface area contributed by atoms with Gasteiger partial charge in [0.05, 0.1) is 11.4 Å². The zero-order valence-electron chi connectivity index (χ0n) is 8.35. The number of para-hydroxylation sites is 1. The molecule has 84 valence electrons. The normalized spacial score (nSPS) is 11.4. The molecule has 0 spiro atoms. The van der Waals surface area contributed by atoms with Crippen molar-refractivity contribution in [1.82, 2.24) is 0 Å². The zero-order valence-corrected chi connectivity index (χ0v) is 9.17. The fraction of sp³-hybridized carbons (Fsp3) is 0.333. The Hall–Kier alpha value is -1.14. The van der Waals surface area contributed by atoms with Crippen LogP contribution in [0.5, 0.6) is 0 Å². The Bertz CT molecular complexity index is 433. The maximum absolute atomic E-state index is 13.3. The number of nitrogens with two attached hydrogens (primary N) is 1. The number of sulfonamides is 1. The highest BCUT2D eigenvalue weighted by atomic mass is 32.2. The molecule has 0 aromatic heterocycles. The lowest BCUT2D eigenvalue weighted by molar-refractivity contribution is 0.589. The molecule has 0 aliphatic heterocycles. The molecule has 1 aromatic rings. The summed E-state index contributed by atoms with van der Waals surface area (Å²) in [5.74, 6) is -0.765. The van der Waals surface area contributed by atoms with Gasteiger partial charge in [-0.3, -0.25) is 4.31 Å². The topological polar surface area (TPSA) is 63.4 Å². The maximum Gasteiger partial charge on any atom is 0.236 e. The van der Waals surface area contributed by atoms with E-state index < -0.39 is 15.8 Å². The average molecular weight is 232 g/mol. The van der Waals surface area contributed by atoms with Crippen LogP contribution in [-0.2, 0) is 10.0 Å². The molecule has 0 heterocycles. The minimum absolute atomic E-state index is 0.0150. The van der Waals surface area contributed by atoms with Crippen LogP contribution in [-0.4, -0.2) is 27.8 Å². The quantitative estimate of drug-likeness (QED) is 0.824. The third-order valence-electron chi connectivity index (χ3n) is 1.98. The van der Waals surface area contributed by atoms with Crippen molar-refractivity contribution in [2.24, 2.45) is 5.73 Å². The molecular weight excluding hydrogens is 219 g/mol. The van der Waals surface area contributed by atoms with E-state index in [1.54, 1.807) is 6.07 Å². The Morgan fingerprint density at radius 2 is 2.00 bits per heavy atom. The van der Waals surface area contributed by atoms with Gasteiger partial charge in [-0.1, -0.05) is 12.1 Å². The highest BCUT2D eigenvalue weighted by Gasteiger charge is 2.19.